The third-order valence-electron chi connectivity index (χ3n) is 4.86. The molecule has 1 N–H and O–H groups in total. The second kappa shape index (κ2) is 11.8. The first-order valence-electron chi connectivity index (χ1n) is 10.0. The van der Waals surface area contributed by atoms with Gasteiger partial charge in [0, 0.05) is 14.7 Å². The summed E-state index contributed by atoms with van der Waals surface area (Å²) in [5.74, 6) is 0.101. The van der Waals surface area contributed by atoms with Crippen molar-refractivity contribution < 1.29 is 9.53 Å². The monoisotopic (exact) mass is 659 g/mol. The number of amides is 1. The van der Waals surface area contributed by atoms with E-state index in [2.05, 4.69) is 56.6 Å². The SMILES string of the molecule is C[C@H](NC(=O)/C(C#N)=C\c1cc(I)cc(I)c1OCc1ccccc1C#N)c1ccccc1. The number of carbonyl (C=O) groups excluding carboxylic acids is 1. The van der Waals surface area contributed by atoms with E-state index in [9.17, 15) is 15.3 Å². The first kappa shape index (κ1) is 24.7. The van der Waals surface area contributed by atoms with Crippen molar-refractivity contribution in [3.8, 4) is 17.9 Å². The van der Waals surface area contributed by atoms with E-state index < -0.39 is 5.91 Å². The fourth-order valence-electron chi connectivity index (χ4n) is 3.15. The second-order valence-electron chi connectivity index (χ2n) is 7.14. The van der Waals surface area contributed by atoms with E-state index in [0.29, 0.717) is 16.9 Å². The molecule has 7 heteroatoms. The maximum absolute atomic E-state index is 12.8. The Balaban J connectivity index is 1.88. The van der Waals surface area contributed by atoms with Crippen LogP contribution < -0.4 is 10.1 Å². The molecule has 3 aromatic rings. The van der Waals surface area contributed by atoms with Crippen LogP contribution in [0.15, 0.2) is 72.3 Å². The lowest BCUT2D eigenvalue weighted by Gasteiger charge is -2.15. The summed E-state index contributed by atoms with van der Waals surface area (Å²) in [5, 5.41) is 21.9. The van der Waals surface area contributed by atoms with Gasteiger partial charge in [0.2, 0.25) is 0 Å². The summed E-state index contributed by atoms with van der Waals surface area (Å²) in [5.41, 5.74) is 2.87. The Labute approximate surface area is 220 Å². The molecule has 0 aliphatic rings. The van der Waals surface area contributed by atoms with E-state index in [1.807, 2.05) is 67.6 Å². The van der Waals surface area contributed by atoms with Crippen LogP contribution >= 0.6 is 45.2 Å². The molecule has 33 heavy (non-hydrogen) atoms. The van der Waals surface area contributed by atoms with Gasteiger partial charge in [-0.2, -0.15) is 10.5 Å². The fourth-order valence-corrected chi connectivity index (χ4v) is 5.19. The summed E-state index contributed by atoms with van der Waals surface area (Å²) < 4.78 is 7.87. The Morgan fingerprint density at radius 3 is 2.48 bits per heavy atom. The smallest absolute Gasteiger partial charge is 0.262 e. The van der Waals surface area contributed by atoms with E-state index in [-0.39, 0.29) is 18.2 Å². The van der Waals surface area contributed by atoms with Gasteiger partial charge in [0.25, 0.3) is 5.91 Å². The summed E-state index contributed by atoms with van der Waals surface area (Å²) in [6.45, 7) is 2.07. The lowest BCUT2D eigenvalue weighted by Crippen LogP contribution is -2.27. The summed E-state index contributed by atoms with van der Waals surface area (Å²) in [6.07, 6.45) is 1.54. The van der Waals surface area contributed by atoms with E-state index in [4.69, 9.17) is 4.74 Å². The highest BCUT2D eigenvalue weighted by Gasteiger charge is 2.17. The number of benzene rings is 3. The predicted molar refractivity (Wildman–Crippen MR) is 144 cm³/mol. The summed E-state index contributed by atoms with van der Waals surface area (Å²) >= 11 is 4.36. The highest BCUT2D eigenvalue weighted by molar-refractivity contribution is 14.1. The summed E-state index contributed by atoms with van der Waals surface area (Å²) in [4.78, 5) is 12.8. The van der Waals surface area contributed by atoms with Crippen molar-refractivity contribution >= 4 is 57.2 Å². The molecule has 0 aliphatic carbocycles. The first-order chi connectivity index (χ1) is 15.9. The Bertz CT molecular complexity index is 1270. The van der Waals surface area contributed by atoms with Gasteiger partial charge in [-0.05, 0) is 81.9 Å². The van der Waals surface area contributed by atoms with Crippen molar-refractivity contribution in [2.75, 3.05) is 0 Å². The van der Waals surface area contributed by atoms with Gasteiger partial charge in [0.15, 0.2) is 0 Å². The lowest BCUT2D eigenvalue weighted by molar-refractivity contribution is -0.117. The van der Waals surface area contributed by atoms with Crippen molar-refractivity contribution in [3.05, 3.63) is 102 Å². The molecule has 0 bridgehead atoms. The zero-order chi connectivity index (χ0) is 23.8. The number of nitrogens with zero attached hydrogens (tertiary/aromatic N) is 2. The van der Waals surface area contributed by atoms with Crippen LogP contribution in [0.25, 0.3) is 6.08 Å². The van der Waals surface area contributed by atoms with Crippen molar-refractivity contribution in [2.24, 2.45) is 0 Å². The zero-order valence-electron chi connectivity index (χ0n) is 17.7. The van der Waals surface area contributed by atoms with Crippen molar-refractivity contribution in [3.63, 3.8) is 0 Å². The van der Waals surface area contributed by atoms with Crippen LogP contribution in [-0.2, 0) is 11.4 Å². The summed E-state index contributed by atoms with van der Waals surface area (Å²) in [7, 11) is 0. The molecule has 0 saturated heterocycles. The number of rotatable bonds is 7. The van der Waals surface area contributed by atoms with Gasteiger partial charge in [-0.25, -0.2) is 0 Å². The largest absolute Gasteiger partial charge is 0.487 e. The van der Waals surface area contributed by atoms with Crippen LogP contribution in [0.1, 0.15) is 35.2 Å². The van der Waals surface area contributed by atoms with Crippen LogP contribution in [0, 0.1) is 29.8 Å². The van der Waals surface area contributed by atoms with Crippen LogP contribution in [0.4, 0.5) is 0 Å². The minimum atomic E-state index is -0.455. The first-order valence-corrected chi connectivity index (χ1v) is 12.2. The molecule has 0 aliphatic heterocycles. The van der Waals surface area contributed by atoms with E-state index in [0.717, 1.165) is 18.3 Å². The van der Waals surface area contributed by atoms with Gasteiger partial charge in [-0.3, -0.25) is 4.79 Å². The number of hydrogen-bond donors (Lipinski definition) is 1. The Morgan fingerprint density at radius 1 is 1.09 bits per heavy atom. The van der Waals surface area contributed by atoms with Crippen molar-refractivity contribution in [1.29, 1.82) is 10.5 Å². The molecular weight excluding hydrogens is 640 g/mol. The number of halogens is 2. The average molecular weight is 659 g/mol. The maximum atomic E-state index is 12.8. The molecule has 1 atom stereocenters. The molecule has 3 rings (SSSR count). The van der Waals surface area contributed by atoms with Crippen LogP contribution in [0.3, 0.4) is 0 Å². The number of nitrogens with one attached hydrogen (secondary N) is 1. The molecule has 5 nitrogen and oxygen atoms in total. The average Bonchev–Trinajstić information content (AvgIpc) is 2.82. The van der Waals surface area contributed by atoms with Crippen LogP contribution in [0.2, 0.25) is 0 Å². The molecular formula is C26H19I2N3O2. The van der Waals surface area contributed by atoms with E-state index in [1.54, 1.807) is 18.2 Å². The van der Waals surface area contributed by atoms with E-state index >= 15 is 0 Å². The maximum Gasteiger partial charge on any atom is 0.262 e. The lowest BCUT2D eigenvalue weighted by atomic mass is 10.1. The van der Waals surface area contributed by atoms with Crippen molar-refractivity contribution in [2.45, 2.75) is 19.6 Å². The summed E-state index contributed by atoms with van der Waals surface area (Å²) in [6, 6.07) is 24.5. The second-order valence-corrected chi connectivity index (χ2v) is 9.55. The standard InChI is InChI=1S/C26H19I2N3O2/c1-17(18-7-3-2-4-8-18)31-26(32)22(15-30)11-21-12-23(27)13-24(28)25(21)33-16-20-10-6-5-9-19(20)14-29/h2-13,17H,16H2,1H3,(H,31,32)/b22-11-/t17-/m0/s1. The highest BCUT2D eigenvalue weighted by Crippen LogP contribution is 2.31. The molecule has 164 valence electrons. The number of ether oxygens (including phenoxy) is 1. The van der Waals surface area contributed by atoms with Gasteiger partial charge in [0.05, 0.1) is 21.2 Å². The number of nitriles is 2. The Morgan fingerprint density at radius 2 is 1.79 bits per heavy atom. The van der Waals surface area contributed by atoms with Gasteiger partial charge >= 0.3 is 0 Å². The molecule has 0 heterocycles. The third-order valence-corrected chi connectivity index (χ3v) is 6.28. The molecule has 0 spiro atoms. The third kappa shape index (κ3) is 6.56. The van der Waals surface area contributed by atoms with Gasteiger partial charge in [0.1, 0.15) is 24.0 Å². The topological polar surface area (TPSA) is 85.9 Å². The molecule has 0 radical (unpaired) electrons. The van der Waals surface area contributed by atoms with Gasteiger partial charge in [-0.15, -0.1) is 0 Å². The van der Waals surface area contributed by atoms with Crippen molar-refractivity contribution in [1.82, 2.24) is 5.32 Å². The molecule has 3 aromatic carbocycles. The minimum absolute atomic E-state index is 0.0159. The molecule has 0 aromatic heterocycles. The Hall–Kier alpha value is -2.89. The molecule has 0 unspecified atom stereocenters. The molecule has 0 saturated carbocycles. The minimum Gasteiger partial charge on any atom is -0.487 e. The normalized spacial score (nSPS) is 11.7. The predicted octanol–water partition coefficient (Wildman–Crippen LogP) is 6.13. The quantitative estimate of drug-likeness (QED) is 0.188. The fraction of sp³-hybridized carbons (Fsp3) is 0.115. The van der Waals surface area contributed by atoms with Gasteiger partial charge < -0.3 is 10.1 Å². The molecule has 0 fully saturated rings. The number of carbonyl (C=O) groups is 1. The molecule has 1 amide bonds. The number of hydrogen-bond acceptors (Lipinski definition) is 4. The zero-order valence-corrected chi connectivity index (χ0v) is 22.0. The van der Waals surface area contributed by atoms with Gasteiger partial charge in [-0.1, -0.05) is 48.5 Å². The Kier molecular flexibility index (Phi) is 8.87. The van der Waals surface area contributed by atoms with Crippen LogP contribution in [-0.4, -0.2) is 5.91 Å². The van der Waals surface area contributed by atoms with Crippen LogP contribution in [0.5, 0.6) is 5.75 Å². The highest BCUT2D eigenvalue weighted by atomic mass is 127. The van der Waals surface area contributed by atoms with E-state index in [1.165, 1.54) is 0 Å².